The minimum absolute atomic E-state index is 0.0177. The molecule has 1 unspecified atom stereocenters. The van der Waals surface area contributed by atoms with Crippen LogP contribution >= 0.6 is 0 Å². The van der Waals surface area contributed by atoms with E-state index in [0.717, 1.165) is 5.56 Å². The van der Waals surface area contributed by atoms with Gasteiger partial charge >= 0.3 is 0 Å². The van der Waals surface area contributed by atoms with E-state index in [-0.39, 0.29) is 16.6 Å². The Morgan fingerprint density at radius 3 is 2.42 bits per heavy atom. The Balaban J connectivity index is 2.26. The van der Waals surface area contributed by atoms with Gasteiger partial charge in [0.25, 0.3) is 0 Å². The second-order valence-electron chi connectivity index (χ2n) is 4.04. The maximum Gasteiger partial charge on any atom is 0.244 e. The molecule has 2 heterocycles. The van der Waals surface area contributed by atoms with Crippen LogP contribution in [0.2, 0.25) is 0 Å². The van der Waals surface area contributed by atoms with Crippen molar-refractivity contribution in [3.05, 3.63) is 48.5 Å². The lowest BCUT2D eigenvalue weighted by molar-refractivity contribution is 0.567. The van der Waals surface area contributed by atoms with Crippen LogP contribution in [0, 0.1) is 0 Å². The molecule has 3 N–H and O–H groups in total. The summed E-state index contributed by atoms with van der Waals surface area (Å²) in [6.07, 6.45) is 5.90. The van der Waals surface area contributed by atoms with Crippen molar-refractivity contribution in [3.8, 4) is 0 Å². The van der Waals surface area contributed by atoms with Crippen molar-refractivity contribution >= 4 is 15.7 Å². The van der Waals surface area contributed by atoms with Gasteiger partial charge in [-0.15, -0.1) is 0 Å². The minimum Gasteiger partial charge on any atom is -0.398 e. The summed E-state index contributed by atoms with van der Waals surface area (Å²) >= 11 is 0. The van der Waals surface area contributed by atoms with E-state index >= 15 is 0 Å². The van der Waals surface area contributed by atoms with E-state index in [0.29, 0.717) is 0 Å². The number of nitrogens with two attached hydrogens (primary N) is 1. The van der Waals surface area contributed by atoms with Crippen molar-refractivity contribution in [1.82, 2.24) is 14.7 Å². The third-order valence-electron chi connectivity index (χ3n) is 2.64. The maximum absolute atomic E-state index is 12.2. The van der Waals surface area contributed by atoms with Gasteiger partial charge in [0.1, 0.15) is 4.90 Å². The molecular weight excluding hydrogens is 264 g/mol. The predicted molar refractivity (Wildman–Crippen MR) is 71.6 cm³/mol. The first-order valence-corrected chi connectivity index (χ1v) is 7.11. The summed E-state index contributed by atoms with van der Waals surface area (Å²) in [4.78, 5) is 7.65. The van der Waals surface area contributed by atoms with E-state index in [2.05, 4.69) is 14.7 Å². The molecule has 0 fully saturated rings. The van der Waals surface area contributed by atoms with Gasteiger partial charge < -0.3 is 5.73 Å². The SMILES string of the molecule is CC(NS(=O)(=O)c1cnccc1N)c1ccncc1. The molecule has 0 aliphatic carbocycles. The molecule has 0 radical (unpaired) electrons. The molecule has 2 rings (SSSR count). The molecule has 7 heteroatoms. The van der Waals surface area contributed by atoms with Crippen LogP contribution in [0.4, 0.5) is 5.69 Å². The van der Waals surface area contributed by atoms with Crippen LogP contribution in [0.5, 0.6) is 0 Å². The number of anilines is 1. The molecule has 0 aliphatic rings. The van der Waals surface area contributed by atoms with Crippen LogP contribution in [0.15, 0.2) is 47.9 Å². The molecule has 0 spiro atoms. The first kappa shape index (κ1) is 13.4. The van der Waals surface area contributed by atoms with Crippen molar-refractivity contribution < 1.29 is 8.42 Å². The van der Waals surface area contributed by atoms with Crippen LogP contribution in [-0.2, 0) is 10.0 Å². The Morgan fingerprint density at radius 1 is 1.16 bits per heavy atom. The van der Waals surface area contributed by atoms with Crippen LogP contribution < -0.4 is 10.5 Å². The van der Waals surface area contributed by atoms with Gasteiger partial charge in [-0.05, 0) is 30.7 Å². The number of hydrogen-bond acceptors (Lipinski definition) is 5. The Labute approximate surface area is 111 Å². The third-order valence-corrected chi connectivity index (χ3v) is 4.23. The molecule has 0 aromatic carbocycles. The summed E-state index contributed by atoms with van der Waals surface area (Å²) in [6.45, 7) is 1.75. The Bertz CT molecular complexity index is 658. The monoisotopic (exact) mass is 278 g/mol. The number of nitrogens with one attached hydrogen (secondary N) is 1. The van der Waals surface area contributed by atoms with Crippen molar-refractivity contribution in [1.29, 1.82) is 0 Å². The second-order valence-corrected chi connectivity index (χ2v) is 5.72. The van der Waals surface area contributed by atoms with Gasteiger partial charge in [0, 0.05) is 30.8 Å². The number of sulfonamides is 1. The molecule has 0 saturated carbocycles. The molecule has 0 bridgehead atoms. The quantitative estimate of drug-likeness (QED) is 0.872. The number of aromatic nitrogens is 2. The number of nitrogens with zero attached hydrogens (tertiary/aromatic N) is 2. The zero-order valence-corrected chi connectivity index (χ0v) is 11.1. The van der Waals surface area contributed by atoms with E-state index in [1.54, 1.807) is 31.5 Å². The summed E-state index contributed by atoms with van der Waals surface area (Å²) < 4.78 is 26.9. The first-order valence-electron chi connectivity index (χ1n) is 5.62. The van der Waals surface area contributed by atoms with Gasteiger partial charge in [-0.1, -0.05) is 0 Å². The molecule has 19 heavy (non-hydrogen) atoms. The Morgan fingerprint density at radius 2 is 1.79 bits per heavy atom. The molecule has 6 nitrogen and oxygen atoms in total. The van der Waals surface area contributed by atoms with Crippen LogP contribution in [0.25, 0.3) is 0 Å². The van der Waals surface area contributed by atoms with Gasteiger partial charge in [-0.3, -0.25) is 9.97 Å². The van der Waals surface area contributed by atoms with Crippen LogP contribution in [0.3, 0.4) is 0 Å². The molecule has 0 saturated heterocycles. The third kappa shape index (κ3) is 3.07. The lowest BCUT2D eigenvalue weighted by atomic mass is 10.1. The number of hydrogen-bond donors (Lipinski definition) is 2. The van der Waals surface area contributed by atoms with Crippen molar-refractivity contribution in [2.75, 3.05) is 5.73 Å². The lowest BCUT2D eigenvalue weighted by Crippen LogP contribution is -2.27. The average Bonchev–Trinajstić information content (AvgIpc) is 2.39. The fourth-order valence-corrected chi connectivity index (χ4v) is 2.94. The largest absolute Gasteiger partial charge is 0.398 e. The molecular formula is C12H14N4O2S. The molecule has 1 atom stereocenters. The number of rotatable bonds is 4. The minimum atomic E-state index is -3.70. The van der Waals surface area contributed by atoms with Gasteiger partial charge in [-0.25, -0.2) is 13.1 Å². The van der Waals surface area contributed by atoms with E-state index in [1.165, 1.54) is 18.5 Å². The lowest BCUT2D eigenvalue weighted by Gasteiger charge is -2.15. The van der Waals surface area contributed by atoms with Crippen molar-refractivity contribution in [2.24, 2.45) is 0 Å². The summed E-state index contributed by atoms with van der Waals surface area (Å²) in [5.74, 6) is 0. The van der Waals surface area contributed by atoms with E-state index in [4.69, 9.17) is 5.73 Å². The summed E-state index contributed by atoms with van der Waals surface area (Å²) in [5.41, 5.74) is 6.64. The number of pyridine rings is 2. The van der Waals surface area contributed by atoms with Gasteiger partial charge in [0.15, 0.2) is 0 Å². The zero-order chi connectivity index (χ0) is 13.9. The highest BCUT2D eigenvalue weighted by Gasteiger charge is 2.20. The molecule has 2 aromatic rings. The van der Waals surface area contributed by atoms with E-state index in [9.17, 15) is 8.42 Å². The smallest absolute Gasteiger partial charge is 0.244 e. The highest BCUT2D eigenvalue weighted by atomic mass is 32.2. The van der Waals surface area contributed by atoms with E-state index in [1.807, 2.05) is 0 Å². The highest BCUT2D eigenvalue weighted by Crippen LogP contribution is 2.19. The Hall–Kier alpha value is -1.99. The summed E-state index contributed by atoms with van der Waals surface area (Å²) in [5, 5.41) is 0. The molecule has 0 amide bonds. The molecule has 100 valence electrons. The first-order chi connectivity index (χ1) is 9.00. The van der Waals surface area contributed by atoms with Gasteiger partial charge in [0.2, 0.25) is 10.0 Å². The average molecular weight is 278 g/mol. The topological polar surface area (TPSA) is 98.0 Å². The summed E-state index contributed by atoms with van der Waals surface area (Å²) in [6, 6.07) is 4.57. The molecule has 0 aliphatic heterocycles. The molecule has 2 aromatic heterocycles. The zero-order valence-electron chi connectivity index (χ0n) is 10.3. The Kier molecular flexibility index (Phi) is 3.77. The fourth-order valence-electron chi connectivity index (χ4n) is 1.63. The van der Waals surface area contributed by atoms with Crippen LogP contribution in [-0.4, -0.2) is 18.4 Å². The predicted octanol–water partition coefficient (Wildman–Crippen LogP) is 1.10. The standard InChI is InChI=1S/C12H14N4O2S/c1-9(10-2-5-14-6-3-10)16-19(17,18)12-8-15-7-4-11(12)13/h2-9,16H,1H3,(H2,13,15). The van der Waals surface area contributed by atoms with Gasteiger partial charge in [-0.2, -0.15) is 0 Å². The van der Waals surface area contributed by atoms with Crippen molar-refractivity contribution in [3.63, 3.8) is 0 Å². The highest BCUT2D eigenvalue weighted by molar-refractivity contribution is 7.89. The fraction of sp³-hybridized carbons (Fsp3) is 0.167. The number of nitrogen functional groups attached to an aromatic ring is 1. The maximum atomic E-state index is 12.2. The van der Waals surface area contributed by atoms with E-state index < -0.39 is 10.0 Å². The second kappa shape index (κ2) is 5.33. The summed E-state index contributed by atoms with van der Waals surface area (Å²) in [7, 11) is -3.70. The normalized spacial score (nSPS) is 13.1. The van der Waals surface area contributed by atoms with Crippen LogP contribution in [0.1, 0.15) is 18.5 Å². The van der Waals surface area contributed by atoms with Gasteiger partial charge in [0.05, 0.1) is 5.69 Å². The van der Waals surface area contributed by atoms with Crippen molar-refractivity contribution in [2.45, 2.75) is 17.9 Å².